The predicted molar refractivity (Wildman–Crippen MR) is 74.0 cm³/mol. The quantitative estimate of drug-likeness (QED) is 0.394. The van der Waals surface area contributed by atoms with Crippen molar-refractivity contribution in [2.45, 2.75) is 53.1 Å². The Balaban J connectivity index is 3.89. The van der Waals surface area contributed by atoms with Gasteiger partial charge in [-0.3, -0.25) is 15.1 Å². The zero-order valence-electron chi connectivity index (χ0n) is 12.2. The Hall–Kier alpha value is -1.10. The van der Waals surface area contributed by atoms with Gasteiger partial charge < -0.3 is 10.1 Å². The summed E-state index contributed by atoms with van der Waals surface area (Å²) in [5, 5.41) is 10.6. The zero-order valence-corrected chi connectivity index (χ0v) is 12.2. The van der Waals surface area contributed by atoms with E-state index in [1.165, 1.54) is 0 Å². The summed E-state index contributed by atoms with van der Waals surface area (Å²) in [6, 6.07) is 0.956. The third-order valence-corrected chi connectivity index (χ3v) is 2.66. The van der Waals surface area contributed by atoms with Crippen LogP contribution in [-0.2, 0) is 9.53 Å². The largest absolute Gasteiger partial charge is 0.466 e. The Morgan fingerprint density at radius 2 is 1.83 bits per heavy atom. The number of ether oxygens (including phenoxy) is 1. The summed E-state index contributed by atoms with van der Waals surface area (Å²) in [5.74, 6) is -0.125. The molecular formula is C13H27N3O2. The number of amidine groups is 1. The van der Waals surface area contributed by atoms with Crippen LogP contribution in [0.3, 0.4) is 0 Å². The number of esters is 1. The minimum Gasteiger partial charge on any atom is -0.466 e. The fourth-order valence-electron chi connectivity index (χ4n) is 1.87. The second-order valence-electron chi connectivity index (χ2n) is 4.81. The summed E-state index contributed by atoms with van der Waals surface area (Å²) in [5.41, 5.74) is 0. The highest BCUT2D eigenvalue weighted by Gasteiger charge is 2.13. The summed E-state index contributed by atoms with van der Waals surface area (Å²) >= 11 is 0. The van der Waals surface area contributed by atoms with E-state index in [1.54, 1.807) is 6.92 Å². The lowest BCUT2D eigenvalue weighted by atomic mass is 10.2. The van der Waals surface area contributed by atoms with Crippen LogP contribution in [0, 0.1) is 5.41 Å². The molecule has 0 fully saturated rings. The Morgan fingerprint density at radius 1 is 1.28 bits per heavy atom. The molecule has 0 aliphatic rings. The molecule has 0 aliphatic heterocycles. The normalized spacial score (nSPS) is 11.1. The number of hydrogen-bond donors (Lipinski definition) is 2. The number of rotatable bonds is 8. The van der Waals surface area contributed by atoms with E-state index in [9.17, 15) is 4.79 Å². The molecule has 0 aromatic carbocycles. The molecule has 0 amide bonds. The molecule has 0 spiro atoms. The summed E-state index contributed by atoms with van der Waals surface area (Å²) in [6.45, 7) is 12.3. The summed E-state index contributed by atoms with van der Waals surface area (Å²) < 4.78 is 4.79. The van der Waals surface area contributed by atoms with E-state index >= 15 is 0 Å². The van der Waals surface area contributed by atoms with Crippen molar-refractivity contribution >= 4 is 11.8 Å². The lowest BCUT2D eigenvalue weighted by Gasteiger charge is -2.30. The second kappa shape index (κ2) is 8.91. The van der Waals surface area contributed by atoms with Gasteiger partial charge in [-0.15, -0.1) is 0 Å². The van der Waals surface area contributed by atoms with Crippen molar-refractivity contribution in [3.63, 3.8) is 0 Å². The molecule has 0 radical (unpaired) electrons. The van der Waals surface area contributed by atoms with Gasteiger partial charge in [0.25, 0.3) is 0 Å². The number of hydrogen-bond acceptors (Lipinski definition) is 4. The van der Waals surface area contributed by atoms with E-state index in [1.807, 2.05) is 0 Å². The molecule has 0 aliphatic carbocycles. The first-order valence-electron chi connectivity index (χ1n) is 6.61. The van der Waals surface area contributed by atoms with Crippen LogP contribution in [0.4, 0.5) is 0 Å². The molecule has 0 aromatic heterocycles. The maximum absolute atomic E-state index is 11.2. The van der Waals surface area contributed by atoms with E-state index < -0.39 is 0 Å². The van der Waals surface area contributed by atoms with Gasteiger partial charge in [-0.2, -0.15) is 0 Å². The van der Waals surface area contributed by atoms with Crippen molar-refractivity contribution in [2.75, 3.05) is 19.7 Å². The van der Waals surface area contributed by atoms with E-state index in [2.05, 4.69) is 37.9 Å². The molecule has 106 valence electrons. The van der Waals surface area contributed by atoms with Gasteiger partial charge in [-0.05, 0) is 34.6 Å². The molecule has 0 rings (SSSR count). The van der Waals surface area contributed by atoms with Crippen LogP contribution >= 0.6 is 0 Å². The SMILES string of the molecule is CCOC(=O)CC(=N)NCCN(C(C)C)C(C)C. The number of carbonyl (C=O) groups is 1. The van der Waals surface area contributed by atoms with Crippen molar-refractivity contribution in [1.29, 1.82) is 5.41 Å². The third kappa shape index (κ3) is 7.27. The zero-order chi connectivity index (χ0) is 14.1. The van der Waals surface area contributed by atoms with E-state index in [0.29, 0.717) is 25.2 Å². The topological polar surface area (TPSA) is 65.4 Å². The fraction of sp³-hybridized carbons (Fsp3) is 0.846. The lowest BCUT2D eigenvalue weighted by molar-refractivity contribution is -0.141. The first-order chi connectivity index (χ1) is 8.38. The number of nitrogens with one attached hydrogen (secondary N) is 2. The van der Waals surface area contributed by atoms with Crippen LogP contribution < -0.4 is 5.32 Å². The Labute approximate surface area is 110 Å². The maximum Gasteiger partial charge on any atom is 0.313 e. The van der Waals surface area contributed by atoms with Gasteiger partial charge in [0.15, 0.2) is 0 Å². The van der Waals surface area contributed by atoms with E-state index in [0.717, 1.165) is 6.54 Å². The molecule has 5 nitrogen and oxygen atoms in total. The highest BCUT2D eigenvalue weighted by molar-refractivity contribution is 5.95. The summed E-state index contributed by atoms with van der Waals surface area (Å²) in [4.78, 5) is 13.5. The second-order valence-corrected chi connectivity index (χ2v) is 4.81. The molecule has 0 aromatic rings. The van der Waals surface area contributed by atoms with Crippen molar-refractivity contribution in [3.8, 4) is 0 Å². The molecule has 2 N–H and O–H groups in total. The molecule has 0 saturated carbocycles. The Morgan fingerprint density at radius 3 is 2.28 bits per heavy atom. The first kappa shape index (κ1) is 16.9. The van der Waals surface area contributed by atoms with Crippen LogP contribution in [0.25, 0.3) is 0 Å². The third-order valence-electron chi connectivity index (χ3n) is 2.66. The van der Waals surface area contributed by atoms with Gasteiger partial charge in [0, 0.05) is 25.2 Å². The minimum atomic E-state index is -0.348. The molecule has 0 atom stereocenters. The van der Waals surface area contributed by atoms with Gasteiger partial charge in [-0.25, -0.2) is 0 Å². The maximum atomic E-state index is 11.2. The molecule has 5 heteroatoms. The van der Waals surface area contributed by atoms with E-state index in [4.69, 9.17) is 10.1 Å². The summed E-state index contributed by atoms with van der Waals surface area (Å²) in [7, 11) is 0. The monoisotopic (exact) mass is 257 g/mol. The molecule has 0 unspecified atom stereocenters. The van der Waals surface area contributed by atoms with Crippen LogP contribution in [0.1, 0.15) is 41.0 Å². The van der Waals surface area contributed by atoms with E-state index in [-0.39, 0.29) is 18.2 Å². The Bertz CT molecular complexity index is 257. The Kier molecular flexibility index (Phi) is 8.37. The van der Waals surface area contributed by atoms with Crippen LogP contribution in [0.2, 0.25) is 0 Å². The van der Waals surface area contributed by atoms with Gasteiger partial charge in [0.2, 0.25) is 0 Å². The average Bonchev–Trinajstić information content (AvgIpc) is 2.23. The lowest BCUT2D eigenvalue weighted by Crippen LogP contribution is -2.42. The predicted octanol–water partition coefficient (Wildman–Crippen LogP) is 1.63. The highest BCUT2D eigenvalue weighted by atomic mass is 16.5. The van der Waals surface area contributed by atoms with Crippen molar-refractivity contribution in [1.82, 2.24) is 10.2 Å². The highest BCUT2D eigenvalue weighted by Crippen LogP contribution is 2.03. The minimum absolute atomic E-state index is 0.0250. The van der Waals surface area contributed by atoms with Crippen molar-refractivity contribution in [2.24, 2.45) is 0 Å². The van der Waals surface area contributed by atoms with Crippen molar-refractivity contribution < 1.29 is 9.53 Å². The number of nitrogens with zero attached hydrogens (tertiary/aromatic N) is 1. The van der Waals surface area contributed by atoms with Crippen molar-refractivity contribution in [3.05, 3.63) is 0 Å². The molecule has 18 heavy (non-hydrogen) atoms. The molecule has 0 bridgehead atoms. The first-order valence-corrected chi connectivity index (χ1v) is 6.61. The fourth-order valence-corrected chi connectivity index (χ4v) is 1.87. The number of carbonyl (C=O) groups excluding carboxylic acids is 1. The smallest absolute Gasteiger partial charge is 0.313 e. The van der Waals surface area contributed by atoms with Gasteiger partial charge in [-0.1, -0.05) is 0 Å². The van der Waals surface area contributed by atoms with Crippen LogP contribution in [-0.4, -0.2) is 48.5 Å². The molecular weight excluding hydrogens is 230 g/mol. The van der Waals surface area contributed by atoms with Crippen LogP contribution in [0.15, 0.2) is 0 Å². The average molecular weight is 257 g/mol. The standard InChI is InChI=1S/C13H27N3O2/c1-6-18-13(17)9-12(14)15-7-8-16(10(2)3)11(4)5/h10-11H,6-9H2,1-5H3,(H2,14,15). The van der Waals surface area contributed by atoms with Gasteiger partial charge in [0.05, 0.1) is 6.61 Å². The van der Waals surface area contributed by atoms with Crippen LogP contribution in [0.5, 0.6) is 0 Å². The molecule has 0 saturated heterocycles. The summed E-state index contributed by atoms with van der Waals surface area (Å²) in [6.07, 6.45) is 0.0250. The van der Waals surface area contributed by atoms with Gasteiger partial charge in [0.1, 0.15) is 12.3 Å². The molecule has 0 heterocycles. The van der Waals surface area contributed by atoms with Gasteiger partial charge >= 0.3 is 5.97 Å².